The van der Waals surface area contributed by atoms with E-state index >= 15 is 0 Å². The van der Waals surface area contributed by atoms with Crippen molar-refractivity contribution < 1.29 is 9.52 Å². The van der Waals surface area contributed by atoms with Crippen LogP contribution in [0.15, 0.2) is 22.6 Å². The number of aromatic nitrogens is 1. The van der Waals surface area contributed by atoms with Crippen molar-refractivity contribution >= 4 is 16.8 Å². The normalized spacial score (nSPS) is 12.3. The zero-order chi connectivity index (χ0) is 20.4. The number of rotatable bonds is 5. The Morgan fingerprint density at radius 1 is 1.18 bits per heavy atom. The third kappa shape index (κ3) is 3.18. The van der Waals surface area contributed by atoms with Gasteiger partial charge < -0.3 is 14.4 Å². The van der Waals surface area contributed by atoms with Gasteiger partial charge in [-0.3, -0.25) is 0 Å². The van der Waals surface area contributed by atoms with Crippen LogP contribution in [0.5, 0.6) is 5.75 Å². The Morgan fingerprint density at radius 2 is 1.89 bits per heavy atom. The second kappa shape index (κ2) is 7.89. The zero-order valence-electron chi connectivity index (χ0n) is 17.2. The van der Waals surface area contributed by atoms with Gasteiger partial charge in [-0.2, -0.15) is 5.26 Å². The third-order valence-electron chi connectivity index (χ3n) is 5.28. The van der Waals surface area contributed by atoms with Crippen molar-refractivity contribution in [3.63, 3.8) is 0 Å². The van der Waals surface area contributed by atoms with Gasteiger partial charge in [-0.15, -0.1) is 0 Å². The molecule has 0 atom stereocenters. The largest absolute Gasteiger partial charge is 0.500 e. The van der Waals surface area contributed by atoms with E-state index in [0.717, 1.165) is 30.7 Å². The van der Waals surface area contributed by atoms with E-state index < -0.39 is 0 Å². The van der Waals surface area contributed by atoms with Crippen LogP contribution in [0.3, 0.4) is 0 Å². The zero-order valence-corrected chi connectivity index (χ0v) is 17.2. The minimum Gasteiger partial charge on any atom is -0.500 e. The number of aryl methyl sites for hydroxylation is 1. The van der Waals surface area contributed by atoms with E-state index in [1.54, 1.807) is 6.07 Å². The summed E-state index contributed by atoms with van der Waals surface area (Å²) in [4.78, 5) is 6.98. The van der Waals surface area contributed by atoms with Gasteiger partial charge in [0.15, 0.2) is 5.58 Å². The third-order valence-corrected chi connectivity index (χ3v) is 5.28. The van der Waals surface area contributed by atoms with Crippen LogP contribution in [-0.2, 0) is 6.42 Å². The predicted molar refractivity (Wildman–Crippen MR) is 112 cm³/mol. The Morgan fingerprint density at radius 3 is 2.46 bits per heavy atom. The van der Waals surface area contributed by atoms with E-state index in [2.05, 4.69) is 31.7 Å². The molecule has 1 heterocycles. The summed E-state index contributed by atoms with van der Waals surface area (Å²) in [6.45, 7) is 10.8. The maximum absolute atomic E-state index is 10.9. The van der Waals surface area contributed by atoms with Gasteiger partial charge in [0, 0.05) is 24.8 Å². The van der Waals surface area contributed by atoms with E-state index in [4.69, 9.17) is 9.40 Å². The van der Waals surface area contributed by atoms with E-state index in [1.165, 1.54) is 5.56 Å². The van der Waals surface area contributed by atoms with E-state index in [9.17, 15) is 10.4 Å². The van der Waals surface area contributed by atoms with Crippen LogP contribution >= 0.6 is 0 Å². The number of hydrogen-bond donors (Lipinski definition) is 1. The van der Waals surface area contributed by atoms with Crippen molar-refractivity contribution in [3.8, 4) is 23.3 Å². The summed E-state index contributed by atoms with van der Waals surface area (Å²) in [6.07, 6.45) is 0.885. The number of benzene rings is 2. The smallest absolute Gasteiger partial charge is 0.264 e. The summed E-state index contributed by atoms with van der Waals surface area (Å²) in [5.74, 6) is 0.258. The average molecular weight is 379 g/mol. The number of aromatic hydroxyl groups is 1. The summed E-state index contributed by atoms with van der Waals surface area (Å²) in [6, 6.07) is 7.90. The molecule has 0 bridgehead atoms. The first-order valence-electron chi connectivity index (χ1n) is 9.81. The molecule has 1 aromatic carbocycles. The standard InChI is InChI=1S/C22H26N4O2/c1-6-14-10-16-19(12-18(14)26(8-3)9-4)28-22-17(24-16)11-15(13-23)20(21(22)27)25(5)7-2/h10-12H,6-9H2,1-5H3/p+1. The van der Waals surface area contributed by atoms with Gasteiger partial charge in [-0.05, 0) is 44.9 Å². The van der Waals surface area contributed by atoms with Gasteiger partial charge >= 0.3 is 0 Å². The monoisotopic (exact) mass is 379 g/mol. The fourth-order valence-electron chi connectivity index (χ4n) is 3.59. The number of anilines is 1. The van der Waals surface area contributed by atoms with Crippen LogP contribution in [0.4, 0.5) is 5.69 Å². The lowest BCUT2D eigenvalue weighted by Gasteiger charge is -2.24. The van der Waals surface area contributed by atoms with Crippen molar-refractivity contribution in [2.45, 2.75) is 34.1 Å². The van der Waals surface area contributed by atoms with Crippen LogP contribution in [0.1, 0.15) is 38.8 Å². The molecular weight excluding hydrogens is 352 g/mol. The minimum absolute atomic E-state index is 0.0447. The summed E-state index contributed by atoms with van der Waals surface area (Å²) in [5.41, 5.74) is 4.53. The molecular formula is C22H27N4O2+. The van der Waals surface area contributed by atoms with Crippen LogP contribution in [0.25, 0.3) is 22.6 Å². The molecule has 0 aromatic heterocycles. The Balaban J connectivity index is 2.41. The van der Waals surface area contributed by atoms with Crippen molar-refractivity contribution in [1.82, 2.24) is 9.56 Å². The summed E-state index contributed by atoms with van der Waals surface area (Å²) in [5, 5.41) is 20.9. The molecule has 2 aliphatic rings. The van der Waals surface area contributed by atoms with Gasteiger partial charge in [0.05, 0.1) is 0 Å². The molecule has 1 N–H and O–H groups in total. The van der Waals surface area contributed by atoms with Gasteiger partial charge in [0.1, 0.15) is 36.4 Å². The molecule has 0 radical (unpaired) electrons. The van der Waals surface area contributed by atoms with E-state index in [0.29, 0.717) is 34.5 Å². The molecule has 3 rings (SSSR count). The first kappa shape index (κ1) is 19.7. The van der Waals surface area contributed by atoms with Crippen LogP contribution in [-0.4, -0.2) is 36.8 Å². The number of fused-ring (bicyclic) bond motifs is 2. The molecule has 0 fully saturated rings. The minimum atomic E-state index is -0.0447. The number of nitriles is 1. The quantitative estimate of drug-likeness (QED) is 0.543. The van der Waals surface area contributed by atoms with Crippen molar-refractivity contribution in [2.75, 3.05) is 31.6 Å². The van der Waals surface area contributed by atoms with Gasteiger partial charge in [0.2, 0.25) is 11.5 Å². The lowest BCUT2D eigenvalue weighted by atomic mass is 10.1. The molecule has 1 aliphatic heterocycles. The van der Waals surface area contributed by atoms with Gasteiger partial charge in [-0.1, -0.05) is 6.92 Å². The fourth-order valence-corrected chi connectivity index (χ4v) is 3.59. The van der Waals surface area contributed by atoms with E-state index in [1.807, 2.05) is 30.7 Å². The highest BCUT2D eigenvalue weighted by Gasteiger charge is 2.24. The molecule has 146 valence electrons. The molecule has 6 heteroatoms. The summed E-state index contributed by atoms with van der Waals surface area (Å²) >= 11 is 0. The molecule has 0 unspecified atom stereocenters. The average Bonchev–Trinajstić information content (AvgIpc) is 2.72. The SMILES string of the molecule is CCc1cc2nc3cc(C#N)/c(=[N+](\C)CC)c(O)c-3oc2cc1N(CC)CC. The predicted octanol–water partition coefficient (Wildman–Crippen LogP) is 3.34. The van der Waals surface area contributed by atoms with Crippen molar-refractivity contribution in [2.24, 2.45) is 0 Å². The maximum Gasteiger partial charge on any atom is 0.264 e. The molecule has 0 spiro atoms. The second-order valence-electron chi connectivity index (χ2n) is 6.78. The molecule has 0 saturated heterocycles. The van der Waals surface area contributed by atoms with Crippen LogP contribution < -0.4 is 14.8 Å². The first-order chi connectivity index (χ1) is 13.5. The maximum atomic E-state index is 10.9. The highest BCUT2D eigenvalue weighted by Crippen LogP contribution is 2.34. The Bertz CT molecular complexity index is 1100. The van der Waals surface area contributed by atoms with E-state index in [-0.39, 0.29) is 5.75 Å². The van der Waals surface area contributed by atoms with Crippen molar-refractivity contribution in [3.05, 3.63) is 34.7 Å². The highest BCUT2D eigenvalue weighted by molar-refractivity contribution is 5.83. The van der Waals surface area contributed by atoms with Crippen molar-refractivity contribution in [1.29, 1.82) is 5.26 Å². The summed E-state index contributed by atoms with van der Waals surface area (Å²) < 4.78 is 7.94. The Labute approximate surface area is 165 Å². The van der Waals surface area contributed by atoms with Crippen LogP contribution in [0.2, 0.25) is 0 Å². The lowest BCUT2D eigenvalue weighted by molar-refractivity contribution is 0.439. The number of nitrogens with zero attached hydrogens (tertiary/aromatic N) is 4. The Kier molecular flexibility index (Phi) is 5.55. The first-order valence-corrected chi connectivity index (χ1v) is 9.81. The highest BCUT2D eigenvalue weighted by atomic mass is 16.4. The van der Waals surface area contributed by atoms with Gasteiger partial charge in [-0.25, -0.2) is 9.56 Å². The van der Waals surface area contributed by atoms with Crippen LogP contribution in [0, 0.1) is 11.3 Å². The second-order valence-corrected chi connectivity index (χ2v) is 6.78. The number of phenols is 1. The Hall–Kier alpha value is -3.07. The molecule has 28 heavy (non-hydrogen) atoms. The molecule has 6 nitrogen and oxygen atoms in total. The fraction of sp³-hybridized carbons (Fsp3) is 0.409. The molecule has 1 aromatic rings. The summed E-state index contributed by atoms with van der Waals surface area (Å²) in [7, 11) is 1.84. The molecule has 1 aliphatic carbocycles. The number of phenolic OH excluding ortho intramolecular Hbond substituents is 1. The topological polar surface area (TPSA) is 76.3 Å². The lowest BCUT2D eigenvalue weighted by Crippen LogP contribution is -2.29. The van der Waals surface area contributed by atoms with Gasteiger partial charge in [0.25, 0.3) is 5.36 Å². The molecule has 0 amide bonds. The molecule has 0 saturated carbocycles. The number of hydrogen-bond acceptors (Lipinski definition) is 5.